The molecule has 1 heterocycles. The minimum Gasteiger partial charge on any atom is -0.465 e. The molecule has 0 aliphatic rings. The number of hydrogen-bond acceptors (Lipinski definition) is 4. The number of nitrogens with one attached hydrogen (secondary N) is 1. The SMILES string of the molecule is COC(=O)c1ccc(C)c(NC(=O)/C=C/c2c(C)nn(CC(C)C)c2Cl)c1. The van der Waals surface area contributed by atoms with Crippen molar-refractivity contribution in [1.29, 1.82) is 0 Å². The molecule has 0 bridgehead atoms. The highest BCUT2D eigenvalue weighted by atomic mass is 35.5. The quantitative estimate of drug-likeness (QED) is 0.592. The summed E-state index contributed by atoms with van der Waals surface area (Å²) in [6.45, 7) is 8.57. The number of rotatable bonds is 6. The van der Waals surface area contributed by atoms with Gasteiger partial charge in [-0.15, -0.1) is 0 Å². The zero-order valence-corrected chi connectivity index (χ0v) is 16.9. The number of halogens is 1. The Bertz CT molecular complexity index is 885. The van der Waals surface area contributed by atoms with Crippen LogP contribution in [0.25, 0.3) is 6.08 Å². The summed E-state index contributed by atoms with van der Waals surface area (Å²) in [5, 5.41) is 7.70. The molecule has 1 N–H and O–H groups in total. The molecule has 7 heteroatoms. The van der Waals surface area contributed by atoms with Crippen LogP contribution in [-0.4, -0.2) is 28.8 Å². The van der Waals surface area contributed by atoms with Gasteiger partial charge in [0.2, 0.25) is 5.91 Å². The minimum absolute atomic E-state index is 0.327. The number of carbonyl (C=O) groups is 2. The van der Waals surface area contributed by atoms with Gasteiger partial charge in [-0.05, 0) is 43.5 Å². The van der Waals surface area contributed by atoms with Gasteiger partial charge < -0.3 is 10.1 Å². The molecule has 0 aliphatic carbocycles. The number of nitrogens with zero attached hydrogens (tertiary/aromatic N) is 2. The normalized spacial score (nSPS) is 11.2. The van der Waals surface area contributed by atoms with E-state index in [0.717, 1.165) is 11.3 Å². The number of aryl methyl sites for hydroxylation is 2. The largest absolute Gasteiger partial charge is 0.465 e. The van der Waals surface area contributed by atoms with Crippen LogP contribution in [0.3, 0.4) is 0 Å². The van der Waals surface area contributed by atoms with Crippen LogP contribution in [0.1, 0.15) is 41.0 Å². The van der Waals surface area contributed by atoms with Crippen molar-refractivity contribution in [1.82, 2.24) is 9.78 Å². The molecule has 0 spiro atoms. The first-order valence-electron chi connectivity index (χ1n) is 8.63. The van der Waals surface area contributed by atoms with E-state index >= 15 is 0 Å². The number of benzene rings is 1. The zero-order chi connectivity index (χ0) is 20.1. The molecule has 1 amide bonds. The van der Waals surface area contributed by atoms with Crippen molar-refractivity contribution in [2.75, 3.05) is 12.4 Å². The number of aromatic nitrogens is 2. The summed E-state index contributed by atoms with van der Waals surface area (Å²) in [7, 11) is 1.31. The predicted octanol–water partition coefficient (Wildman–Crippen LogP) is 4.25. The Kier molecular flexibility index (Phi) is 6.80. The maximum atomic E-state index is 12.3. The fourth-order valence-electron chi connectivity index (χ4n) is 2.56. The van der Waals surface area contributed by atoms with Crippen LogP contribution in [0.15, 0.2) is 24.3 Å². The Balaban J connectivity index is 2.17. The molecular weight excluding hydrogens is 366 g/mol. The van der Waals surface area contributed by atoms with Gasteiger partial charge in [0.1, 0.15) is 5.15 Å². The number of amides is 1. The van der Waals surface area contributed by atoms with Crippen LogP contribution in [-0.2, 0) is 16.1 Å². The van der Waals surface area contributed by atoms with Crippen molar-refractivity contribution in [3.8, 4) is 0 Å². The molecule has 0 radical (unpaired) electrons. The molecule has 0 aliphatic heterocycles. The molecule has 1 aromatic heterocycles. The fourth-order valence-corrected chi connectivity index (χ4v) is 2.86. The van der Waals surface area contributed by atoms with Gasteiger partial charge in [0.25, 0.3) is 0 Å². The molecule has 0 unspecified atom stereocenters. The number of ether oxygens (including phenoxy) is 1. The third-order valence-electron chi connectivity index (χ3n) is 3.97. The molecule has 0 fully saturated rings. The number of esters is 1. The Morgan fingerprint density at radius 2 is 2.04 bits per heavy atom. The van der Waals surface area contributed by atoms with E-state index in [1.54, 1.807) is 29.0 Å². The van der Waals surface area contributed by atoms with E-state index in [1.807, 2.05) is 13.8 Å². The lowest BCUT2D eigenvalue weighted by molar-refractivity contribution is -0.111. The highest BCUT2D eigenvalue weighted by molar-refractivity contribution is 6.31. The van der Waals surface area contributed by atoms with Gasteiger partial charge in [-0.3, -0.25) is 9.48 Å². The number of carbonyl (C=O) groups excluding carboxylic acids is 2. The lowest BCUT2D eigenvalue weighted by atomic mass is 10.1. The Morgan fingerprint density at radius 1 is 1.33 bits per heavy atom. The van der Waals surface area contributed by atoms with Crippen LogP contribution in [0.2, 0.25) is 5.15 Å². The summed E-state index contributed by atoms with van der Waals surface area (Å²) in [5.41, 5.74) is 3.23. The molecule has 2 rings (SSSR count). The number of methoxy groups -OCH3 is 1. The van der Waals surface area contributed by atoms with Crippen LogP contribution in [0.4, 0.5) is 5.69 Å². The average Bonchev–Trinajstić information content (AvgIpc) is 2.87. The van der Waals surface area contributed by atoms with E-state index in [0.29, 0.717) is 34.4 Å². The van der Waals surface area contributed by atoms with Gasteiger partial charge in [-0.25, -0.2) is 4.79 Å². The molecule has 0 atom stereocenters. The fraction of sp³-hybridized carbons (Fsp3) is 0.350. The summed E-state index contributed by atoms with van der Waals surface area (Å²) in [4.78, 5) is 24.0. The maximum Gasteiger partial charge on any atom is 0.337 e. The maximum absolute atomic E-state index is 12.3. The summed E-state index contributed by atoms with van der Waals surface area (Å²) in [6, 6.07) is 4.99. The topological polar surface area (TPSA) is 73.2 Å². The van der Waals surface area contributed by atoms with Crippen molar-refractivity contribution < 1.29 is 14.3 Å². The Morgan fingerprint density at radius 3 is 2.67 bits per heavy atom. The Labute approximate surface area is 164 Å². The summed E-state index contributed by atoms with van der Waals surface area (Å²) >= 11 is 6.38. The van der Waals surface area contributed by atoms with Crippen molar-refractivity contribution in [2.45, 2.75) is 34.2 Å². The molecule has 27 heavy (non-hydrogen) atoms. The van der Waals surface area contributed by atoms with Crippen molar-refractivity contribution >= 4 is 35.2 Å². The van der Waals surface area contributed by atoms with Gasteiger partial charge in [0, 0.05) is 23.9 Å². The van der Waals surface area contributed by atoms with E-state index in [2.05, 4.69) is 24.3 Å². The second-order valence-electron chi connectivity index (χ2n) is 6.71. The lowest BCUT2D eigenvalue weighted by Gasteiger charge is -2.08. The second kappa shape index (κ2) is 8.86. The molecular formula is C20H24ClN3O3. The lowest BCUT2D eigenvalue weighted by Crippen LogP contribution is -2.10. The van der Waals surface area contributed by atoms with Gasteiger partial charge in [0.15, 0.2) is 0 Å². The van der Waals surface area contributed by atoms with Crippen molar-refractivity contribution in [3.63, 3.8) is 0 Å². The number of anilines is 1. The molecule has 2 aromatic rings. The highest BCUT2D eigenvalue weighted by Crippen LogP contribution is 2.23. The summed E-state index contributed by atoms with van der Waals surface area (Å²) in [6.07, 6.45) is 3.05. The third-order valence-corrected chi connectivity index (χ3v) is 4.36. The average molecular weight is 390 g/mol. The standard InChI is InChI=1S/C20H24ClN3O3/c1-12(2)11-24-19(21)16(14(4)23-24)8-9-18(25)22-17-10-15(20(26)27-5)7-6-13(17)3/h6-10,12H,11H2,1-5H3,(H,22,25)/b9-8+. The highest BCUT2D eigenvalue weighted by Gasteiger charge is 2.13. The van der Waals surface area contributed by atoms with Crippen LogP contribution >= 0.6 is 11.6 Å². The molecule has 144 valence electrons. The van der Waals surface area contributed by atoms with Crippen molar-refractivity contribution in [2.24, 2.45) is 5.92 Å². The second-order valence-corrected chi connectivity index (χ2v) is 7.07. The van der Waals surface area contributed by atoms with Gasteiger partial charge in [0.05, 0.1) is 18.4 Å². The van der Waals surface area contributed by atoms with Gasteiger partial charge in [-0.2, -0.15) is 5.10 Å². The summed E-state index contributed by atoms with van der Waals surface area (Å²) in [5.74, 6) is -0.375. The molecule has 1 aromatic carbocycles. The minimum atomic E-state index is -0.457. The van der Waals surface area contributed by atoms with Gasteiger partial charge >= 0.3 is 5.97 Å². The third kappa shape index (κ3) is 5.20. The first-order chi connectivity index (χ1) is 12.7. The predicted molar refractivity (Wildman–Crippen MR) is 107 cm³/mol. The first kappa shape index (κ1) is 20.7. The Hall–Kier alpha value is -2.60. The summed E-state index contributed by atoms with van der Waals surface area (Å²) < 4.78 is 6.45. The monoisotopic (exact) mass is 389 g/mol. The van der Waals surface area contributed by atoms with Crippen molar-refractivity contribution in [3.05, 3.63) is 51.8 Å². The van der Waals surface area contributed by atoms with E-state index in [4.69, 9.17) is 16.3 Å². The van der Waals surface area contributed by atoms with E-state index in [1.165, 1.54) is 13.2 Å². The van der Waals surface area contributed by atoms with Crippen LogP contribution < -0.4 is 5.32 Å². The van der Waals surface area contributed by atoms with Crippen LogP contribution in [0, 0.1) is 19.8 Å². The number of hydrogen-bond donors (Lipinski definition) is 1. The molecule has 0 saturated heterocycles. The van der Waals surface area contributed by atoms with Crippen LogP contribution in [0.5, 0.6) is 0 Å². The van der Waals surface area contributed by atoms with E-state index in [9.17, 15) is 9.59 Å². The van der Waals surface area contributed by atoms with E-state index in [-0.39, 0.29) is 5.91 Å². The van der Waals surface area contributed by atoms with Gasteiger partial charge in [-0.1, -0.05) is 31.5 Å². The zero-order valence-electron chi connectivity index (χ0n) is 16.2. The first-order valence-corrected chi connectivity index (χ1v) is 9.01. The molecule has 6 nitrogen and oxygen atoms in total. The molecule has 0 saturated carbocycles. The smallest absolute Gasteiger partial charge is 0.337 e. The van der Waals surface area contributed by atoms with E-state index < -0.39 is 5.97 Å².